The zero-order chi connectivity index (χ0) is 23.3. The Labute approximate surface area is 187 Å². The molecular formula is C24H29N3O5. The zero-order valence-corrected chi connectivity index (χ0v) is 18.7. The van der Waals surface area contributed by atoms with Gasteiger partial charge < -0.3 is 25.4 Å². The Morgan fingerprint density at radius 3 is 2.03 bits per heavy atom. The summed E-state index contributed by atoms with van der Waals surface area (Å²) in [6, 6.07) is 15.1. The average Bonchev–Trinajstić information content (AvgIpc) is 3.07. The first-order valence-electron chi connectivity index (χ1n) is 10.5. The topological polar surface area (TPSA) is 106 Å². The first-order chi connectivity index (χ1) is 15.2. The predicted octanol–water partition coefficient (Wildman–Crippen LogP) is 3.16. The van der Waals surface area contributed by atoms with E-state index in [4.69, 9.17) is 9.47 Å². The lowest BCUT2D eigenvalue weighted by atomic mass is 9.98. The van der Waals surface area contributed by atoms with Crippen molar-refractivity contribution in [3.05, 3.63) is 59.7 Å². The number of ether oxygens (including phenoxy) is 2. The summed E-state index contributed by atoms with van der Waals surface area (Å²) >= 11 is 0. The molecule has 1 aliphatic rings. The Bertz CT molecular complexity index is 954. The number of hydrogen-bond donors (Lipinski definition) is 3. The fraction of sp³-hybridized carbons (Fsp3) is 0.375. The highest BCUT2D eigenvalue weighted by Crippen LogP contribution is 2.44. The van der Waals surface area contributed by atoms with Crippen LogP contribution in [0.25, 0.3) is 11.1 Å². The van der Waals surface area contributed by atoms with Gasteiger partial charge in [-0.3, -0.25) is 4.79 Å². The van der Waals surface area contributed by atoms with Gasteiger partial charge in [0.1, 0.15) is 18.2 Å². The van der Waals surface area contributed by atoms with Gasteiger partial charge in [-0.25, -0.2) is 9.59 Å². The molecule has 0 spiro atoms. The van der Waals surface area contributed by atoms with Crippen molar-refractivity contribution < 1.29 is 23.9 Å². The number of alkyl carbamates (subject to hydrolysis) is 2. The molecule has 8 heteroatoms. The molecule has 1 unspecified atom stereocenters. The van der Waals surface area contributed by atoms with E-state index in [1.807, 2.05) is 36.4 Å². The fourth-order valence-electron chi connectivity index (χ4n) is 3.67. The first-order valence-corrected chi connectivity index (χ1v) is 10.5. The Kier molecular flexibility index (Phi) is 7.02. The van der Waals surface area contributed by atoms with Gasteiger partial charge in [-0.05, 0) is 43.0 Å². The summed E-state index contributed by atoms with van der Waals surface area (Å²) in [5.41, 5.74) is 3.78. The van der Waals surface area contributed by atoms with E-state index in [9.17, 15) is 14.4 Å². The molecule has 3 amide bonds. The van der Waals surface area contributed by atoms with Gasteiger partial charge in [-0.1, -0.05) is 48.5 Å². The molecule has 0 bridgehead atoms. The molecule has 0 fully saturated rings. The number of hydrogen-bond acceptors (Lipinski definition) is 5. The monoisotopic (exact) mass is 439 g/mol. The maximum absolute atomic E-state index is 12.3. The molecule has 32 heavy (non-hydrogen) atoms. The molecule has 3 rings (SSSR count). The molecule has 0 saturated heterocycles. The summed E-state index contributed by atoms with van der Waals surface area (Å²) in [4.78, 5) is 36.4. The van der Waals surface area contributed by atoms with E-state index in [0.29, 0.717) is 0 Å². The molecule has 0 heterocycles. The molecule has 170 valence electrons. The quantitative estimate of drug-likeness (QED) is 0.641. The number of nitrogens with one attached hydrogen (secondary N) is 3. The number of rotatable bonds is 6. The Balaban J connectivity index is 1.58. The van der Waals surface area contributed by atoms with Gasteiger partial charge >= 0.3 is 12.2 Å². The van der Waals surface area contributed by atoms with Crippen LogP contribution in [0, 0.1) is 0 Å². The normalized spacial score (nSPS) is 13.4. The van der Waals surface area contributed by atoms with Gasteiger partial charge in [0.15, 0.2) is 0 Å². The van der Waals surface area contributed by atoms with Crippen molar-refractivity contribution in [3.63, 3.8) is 0 Å². The molecule has 0 aromatic heterocycles. The summed E-state index contributed by atoms with van der Waals surface area (Å²) in [6.07, 6.45) is -1.42. The summed E-state index contributed by atoms with van der Waals surface area (Å²) in [7, 11) is 1.44. The van der Waals surface area contributed by atoms with Crippen molar-refractivity contribution in [1.82, 2.24) is 16.0 Å². The highest BCUT2D eigenvalue weighted by molar-refractivity contribution is 5.86. The van der Waals surface area contributed by atoms with E-state index >= 15 is 0 Å². The van der Waals surface area contributed by atoms with Crippen LogP contribution in [0.5, 0.6) is 0 Å². The van der Waals surface area contributed by atoms with Gasteiger partial charge in [0.2, 0.25) is 5.91 Å². The minimum absolute atomic E-state index is 0.0669. The van der Waals surface area contributed by atoms with Crippen LogP contribution >= 0.6 is 0 Å². The second kappa shape index (κ2) is 9.72. The molecule has 0 saturated carbocycles. The second-order valence-electron chi connectivity index (χ2n) is 8.52. The van der Waals surface area contributed by atoms with E-state index in [2.05, 4.69) is 28.1 Å². The van der Waals surface area contributed by atoms with Crippen LogP contribution in [0.2, 0.25) is 0 Å². The van der Waals surface area contributed by atoms with Gasteiger partial charge in [0.05, 0.1) is 6.54 Å². The average molecular weight is 440 g/mol. The molecule has 2 aromatic carbocycles. The summed E-state index contributed by atoms with van der Waals surface area (Å²) in [6.45, 7) is 5.17. The third-order valence-corrected chi connectivity index (χ3v) is 5.05. The molecular weight excluding hydrogens is 410 g/mol. The standard InChI is InChI=1S/C24H29N3O5/c1-24(2,3)32-23(30)27-20(21(28)25-4)13-26-22(29)31-14-19-17-11-7-5-9-15(17)16-10-6-8-12-18(16)19/h5-12,19-20H,13-14H2,1-4H3,(H,25,28)(H,26,29)(H,27,30). The largest absolute Gasteiger partial charge is 0.449 e. The fourth-order valence-corrected chi connectivity index (χ4v) is 3.67. The third kappa shape index (κ3) is 5.57. The van der Waals surface area contributed by atoms with Crippen molar-refractivity contribution in [3.8, 4) is 11.1 Å². The number of carbonyl (C=O) groups is 3. The van der Waals surface area contributed by atoms with Crippen molar-refractivity contribution in [2.75, 3.05) is 20.2 Å². The van der Waals surface area contributed by atoms with Crippen LogP contribution in [-0.4, -0.2) is 49.9 Å². The first kappa shape index (κ1) is 23.1. The molecule has 0 radical (unpaired) electrons. The van der Waals surface area contributed by atoms with Crippen molar-refractivity contribution >= 4 is 18.1 Å². The Morgan fingerprint density at radius 2 is 1.50 bits per heavy atom. The summed E-state index contributed by atoms with van der Waals surface area (Å²) in [5, 5.41) is 7.46. The summed E-state index contributed by atoms with van der Waals surface area (Å²) in [5.74, 6) is -0.530. The van der Waals surface area contributed by atoms with Gasteiger partial charge in [0.25, 0.3) is 0 Å². The highest BCUT2D eigenvalue weighted by Gasteiger charge is 2.29. The Hall–Kier alpha value is -3.55. The molecule has 3 N–H and O–H groups in total. The van der Waals surface area contributed by atoms with Gasteiger partial charge in [-0.15, -0.1) is 0 Å². The van der Waals surface area contributed by atoms with Gasteiger partial charge in [0, 0.05) is 13.0 Å². The van der Waals surface area contributed by atoms with Gasteiger partial charge in [-0.2, -0.15) is 0 Å². The van der Waals surface area contributed by atoms with E-state index < -0.39 is 29.7 Å². The van der Waals surface area contributed by atoms with Crippen LogP contribution in [0.15, 0.2) is 48.5 Å². The molecule has 1 aliphatic carbocycles. The van der Waals surface area contributed by atoms with Crippen LogP contribution in [0.1, 0.15) is 37.8 Å². The Morgan fingerprint density at radius 1 is 0.938 bits per heavy atom. The van der Waals surface area contributed by atoms with Crippen LogP contribution < -0.4 is 16.0 Å². The van der Waals surface area contributed by atoms with Crippen molar-refractivity contribution in [2.45, 2.75) is 38.3 Å². The number of fused-ring (bicyclic) bond motifs is 3. The summed E-state index contributed by atoms with van der Waals surface area (Å²) < 4.78 is 10.6. The maximum Gasteiger partial charge on any atom is 0.408 e. The second-order valence-corrected chi connectivity index (χ2v) is 8.52. The molecule has 8 nitrogen and oxygen atoms in total. The molecule has 1 atom stereocenters. The minimum Gasteiger partial charge on any atom is -0.449 e. The van der Waals surface area contributed by atoms with E-state index in [-0.39, 0.29) is 19.1 Å². The predicted molar refractivity (Wildman–Crippen MR) is 120 cm³/mol. The molecule has 2 aromatic rings. The van der Waals surface area contributed by atoms with Crippen molar-refractivity contribution in [1.29, 1.82) is 0 Å². The minimum atomic E-state index is -1.00. The number of likely N-dealkylation sites (N-methyl/N-ethyl adjacent to an activating group) is 1. The van der Waals surface area contributed by atoms with E-state index in [0.717, 1.165) is 22.3 Å². The lowest BCUT2D eigenvalue weighted by Crippen LogP contribution is -2.53. The smallest absolute Gasteiger partial charge is 0.408 e. The van der Waals surface area contributed by atoms with E-state index in [1.165, 1.54) is 7.05 Å². The lowest BCUT2D eigenvalue weighted by molar-refractivity contribution is -0.122. The number of amides is 3. The van der Waals surface area contributed by atoms with Crippen LogP contribution in [0.3, 0.4) is 0 Å². The zero-order valence-electron chi connectivity index (χ0n) is 18.7. The number of carbonyl (C=O) groups excluding carboxylic acids is 3. The van der Waals surface area contributed by atoms with Crippen molar-refractivity contribution in [2.24, 2.45) is 0 Å². The van der Waals surface area contributed by atoms with Crippen LogP contribution in [-0.2, 0) is 14.3 Å². The maximum atomic E-state index is 12.3. The highest BCUT2D eigenvalue weighted by atomic mass is 16.6. The lowest BCUT2D eigenvalue weighted by Gasteiger charge is -2.23. The van der Waals surface area contributed by atoms with Crippen LogP contribution in [0.4, 0.5) is 9.59 Å². The third-order valence-electron chi connectivity index (χ3n) is 5.05. The molecule has 0 aliphatic heterocycles. The SMILES string of the molecule is CNC(=O)C(CNC(=O)OCC1c2ccccc2-c2ccccc21)NC(=O)OC(C)(C)C. The van der Waals surface area contributed by atoms with E-state index in [1.54, 1.807) is 20.8 Å². The number of benzene rings is 2.